The zero-order valence-electron chi connectivity index (χ0n) is 15.4. The van der Waals surface area contributed by atoms with Crippen molar-refractivity contribution < 1.29 is 4.39 Å². The second-order valence-electron chi connectivity index (χ2n) is 7.77. The molecule has 0 spiro atoms. The van der Waals surface area contributed by atoms with E-state index in [9.17, 15) is 4.39 Å². The molecule has 2 aliphatic rings. The van der Waals surface area contributed by atoms with E-state index in [1.807, 2.05) is 6.07 Å². The Morgan fingerprint density at radius 2 is 1.92 bits per heavy atom. The van der Waals surface area contributed by atoms with Gasteiger partial charge in [-0.1, -0.05) is 0 Å². The third-order valence-corrected chi connectivity index (χ3v) is 5.87. The number of aromatic nitrogens is 1. The van der Waals surface area contributed by atoms with Crippen molar-refractivity contribution in [3.63, 3.8) is 0 Å². The van der Waals surface area contributed by atoms with Gasteiger partial charge >= 0.3 is 0 Å². The largest absolute Gasteiger partial charge is 0.342 e. The molecule has 5 heteroatoms. The molecule has 1 saturated heterocycles. The summed E-state index contributed by atoms with van der Waals surface area (Å²) in [7, 11) is 2.22. The van der Waals surface area contributed by atoms with Crippen LogP contribution in [0.1, 0.15) is 19.0 Å². The standard InChI is InChI=1S/C20H29FN4/c1-16(24-7-3-6-22(2)8-10-24)14-23-9-11-25-19(15-23)13-17-12-18(21)4-5-20(17)25/h4-5,12-13,16H,3,6-11,14-15H2,1-2H3. The topological polar surface area (TPSA) is 14.7 Å². The monoisotopic (exact) mass is 344 g/mol. The molecule has 0 amide bonds. The molecule has 4 rings (SSSR count). The molecular weight excluding hydrogens is 315 g/mol. The summed E-state index contributed by atoms with van der Waals surface area (Å²) in [5.74, 6) is -0.146. The van der Waals surface area contributed by atoms with Crippen LogP contribution in [0.25, 0.3) is 10.9 Å². The Balaban J connectivity index is 1.43. The quantitative estimate of drug-likeness (QED) is 0.851. The zero-order chi connectivity index (χ0) is 17.4. The Hall–Kier alpha value is -1.43. The van der Waals surface area contributed by atoms with Crippen molar-refractivity contribution in [1.29, 1.82) is 0 Å². The van der Waals surface area contributed by atoms with Crippen LogP contribution in [0.15, 0.2) is 24.3 Å². The highest BCUT2D eigenvalue weighted by molar-refractivity contribution is 5.81. The predicted octanol–water partition coefficient (Wildman–Crippen LogP) is 2.62. The minimum absolute atomic E-state index is 0.146. The molecule has 1 unspecified atom stereocenters. The van der Waals surface area contributed by atoms with Crippen LogP contribution in [-0.4, -0.2) is 71.6 Å². The number of rotatable bonds is 3. The van der Waals surface area contributed by atoms with Crippen molar-refractivity contribution in [2.75, 3.05) is 46.3 Å². The van der Waals surface area contributed by atoms with E-state index in [4.69, 9.17) is 0 Å². The average molecular weight is 344 g/mol. The molecule has 0 saturated carbocycles. The number of fused-ring (bicyclic) bond motifs is 3. The molecule has 25 heavy (non-hydrogen) atoms. The SMILES string of the molecule is CC(CN1CCn2c(cc3cc(F)ccc32)C1)N1CCCN(C)CC1. The third kappa shape index (κ3) is 3.59. The van der Waals surface area contributed by atoms with Gasteiger partial charge in [-0.05, 0) is 57.7 Å². The second-order valence-corrected chi connectivity index (χ2v) is 7.77. The van der Waals surface area contributed by atoms with Crippen LogP contribution in [0, 0.1) is 5.82 Å². The van der Waals surface area contributed by atoms with Crippen LogP contribution in [0.2, 0.25) is 0 Å². The van der Waals surface area contributed by atoms with Crippen molar-refractivity contribution in [3.8, 4) is 0 Å². The maximum atomic E-state index is 13.5. The van der Waals surface area contributed by atoms with Gasteiger partial charge in [0.25, 0.3) is 0 Å². The normalized spacial score (nSPS) is 22.0. The summed E-state index contributed by atoms with van der Waals surface area (Å²) in [5.41, 5.74) is 2.48. The predicted molar refractivity (Wildman–Crippen MR) is 100 cm³/mol. The molecule has 1 aromatic heterocycles. The van der Waals surface area contributed by atoms with Crippen LogP contribution in [0.5, 0.6) is 0 Å². The van der Waals surface area contributed by atoms with Crippen LogP contribution in [0.3, 0.4) is 0 Å². The van der Waals surface area contributed by atoms with Crippen molar-refractivity contribution in [2.45, 2.75) is 32.5 Å². The zero-order valence-corrected chi connectivity index (χ0v) is 15.4. The maximum absolute atomic E-state index is 13.5. The molecule has 1 aromatic carbocycles. The lowest BCUT2D eigenvalue weighted by atomic mass is 10.2. The lowest BCUT2D eigenvalue weighted by molar-refractivity contribution is 0.134. The minimum Gasteiger partial charge on any atom is -0.342 e. The van der Waals surface area contributed by atoms with Gasteiger partial charge in [-0.2, -0.15) is 0 Å². The van der Waals surface area contributed by atoms with E-state index in [0.717, 1.165) is 31.6 Å². The first kappa shape index (κ1) is 17.0. The molecule has 0 bridgehead atoms. The smallest absolute Gasteiger partial charge is 0.123 e. The fourth-order valence-electron chi connectivity index (χ4n) is 4.40. The second kappa shape index (κ2) is 7.06. The van der Waals surface area contributed by atoms with Crippen molar-refractivity contribution in [3.05, 3.63) is 35.8 Å². The summed E-state index contributed by atoms with van der Waals surface area (Å²) in [6.07, 6.45) is 1.26. The van der Waals surface area contributed by atoms with Crippen LogP contribution in [0.4, 0.5) is 4.39 Å². The molecule has 136 valence electrons. The minimum atomic E-state index is -0.146. The van der Waals surface area contributed by atoms with E-state index in [2.05, 4.69) is 39.3 Å². The highest BCUT2D eigenvalue weighted by Gasteiger charge is 2.23. The van der Waals surface area contributed by atoms with Crippen molar-refractivity contribution >= 4 is 10.9 Å². The van der Waals surface area contributed by atoms with Gasteiger partial charge in [-0.25, -0.2) is 4.39 Å². The summed E-state index contributed by atoms with van der Waals surface area (Å²) >= 11 is 0. The van der Waals surface area contributed by atoms with Gasteiger partial charge in [0.05, 0.1) is 0 Å². The lowest BCUT2D eigenvalue weighted by Gasteiger charge is -2.35. The molecule has 2 aromatic rings. The van der Waals surface area contributed by atoms with Gasteiger partial charge in [-0.3, -0.25) is 9.80 Å². The first-order valence-electron chi connectivity index (χ1n) is 9.53. The Morgan fingerprint density at radius 3 is 2.80 bits per heavy atom. The highest BCUT2D eigenvalue weighted by atomic mass is 19.1. The first-order chi connectivity index (χ1) is 12.1. The number of hydrogen-bond acceptors (Lipinski definition) is 3. The van der Waals surface area contributed by atoms with Crippen LogP contribution < -0.4 is 0 Å². The number of hydrogen-bond donors (Lipinski definition) is 0. The number of nitrogens with zero attached hydrogens (tertiary/aromatic N) is 4. The van der Waals surface area contributed by atoms with E-state index < -0.39 is 0 Å². The molecule has 0 radical (unpaired) electrons. The third-order valence-electron chi connectivity index (χ3n) is 5.87. The van der Waals surface area contributed by atoms with Crippen molar-refractivity contribution in [2.24, 2.45) is 0 Å². The van der Waals surface area contributed by atoms with Gasteiger partial charge in [0.2, 0.25) is 0 Å². The summed E-state index contributed by atoms with van der Waals surface area (Å²) in [5, 5.41) is 1.03. The van der Waals surface area contributed by atoms with Gasteiger partial charge in [0.1, 0.15) is 5.82 Å². The van der Waals surface area contributed by atoms with E-state index in [0.29, 0.717) is 6.04 Å². The summed E-state index contributed by atoms with van der Waals surface area (Å²) in [6, 6.07) is 7.89. The molecule has 3 heterocycles. The van der Waals surface area contributed by atoms with Gasteiger partial charge in [0, 0.05) is 61.9 Å². The number of benzene rings is 1. The highest BCUT2D eigenvalue weighted by Crippen LogP contribution is 2.25. The average Bonchev–Trinajstić information content (AvgIpc) is 2.78. The Morgan fingerprint density at radius 1 is 1.04 bits per heavy atom. The van der Waals surface area contributed by atoms with E-state index in [-0.39, 0.29) is 5.82 Å². The molecular formula is C20H29FN4. The first-order valence-corrected chi connectivity index (χ1v) is 9.53. The van der Waals surface area contributed by atoms with Gasteiger partial charge < -0.3 is 9.47 Å². The van der Waals surface area contributed by atoms with E-state index in [1.165, 1.54) is 43.8 Å². The number of likely N-dealkylation sites (N-methyl/N-ethyl adjacent to an activating group) is 1. The summed E-state index contributed by atoms with van der Waals surface area (Å²) < 4.78 is 15.8. The molecule has 2 aliphatic heterocycles. The van der Waals surface area contributed by atoms with Crippen LogP contribution in [-0.2, 0) is 13.1 Å². The molecule has 0 aliphatic carbocycles. The number of halogens is 1. The molecule has 1 atom stereocenters. The van der Waals surface area contributed by atoms with E-state index >= 15 is 0 Å². The Labute approximate surface area is 149 Å². The van der Waals surface area contributed by atoms with Gasteiger partial charge in [-0.15, -0.1) is 0 Å². The summed E-state index contributed by atoms with van der Waals surface area (Å²) in [4.78, 5) is 7.64. The molecule has 1 fully saturated rings. The van der Waals surface area contributed by atoms with Crippen LogP contribution >= 0.6 is 0 Å². The molecule has 0 N–H and O–H groups in total. The fourth-order valence-corrected chi connectivity index (χ4v) is 4.40. The molecule has 4 nitrogen and oxygen atoms in total. The Bertz CT molecular complexity index is 741. The fraction of sp³-hybridized carbons (Fsp3) is 0.600. The Kier molecular flexibility index (Phi) is 4.80. The summed E-state index contributed by atoms with van der Waals surface area (Å²) in [6.45, 7) is 11.3. The lowest BCUT2D eigenvalue weighted by Crippen LogP contribution is -2.45. The van der Waals surface area contributed by atoms with Crippen molar-refractivity contribution in [1.82, 2.24) is 19.3 Å². The van der Waals surface area contributed by atoms with Gasteiger partial charge in [0.15, 0.2) is 0 Å². The van der Waals surface area contributed by atoms with E-state index in [1.54, 1.807) is 12.1 Å². The maximum Gasteiger partial charge on any atom is 0.123 e.